The summed E-state index contributed by atoms with van der Waals surface area (Å²) in [6, 6.07) is 18.0. The summed E-state index contributed by atoms with van der Waals surface area (Å²) in [4.78, 5) is 7.11. The number of nitrogens with two attached hydrogens (primary N) is 1. The first-order valence-electron chi connectivity index (χ1n) is 10.5. The number of aryl methyl sites for hydroxylation is 1. The molecule has 0 radical (unpaired) electrons. The summed E-state index contributed by atoms with van der Waals surface area (Å²) < 4.78 is 5.78. The number of phenols is 1. The Morgan fingerprint density at radius 3 is 2.50 bits per heavy atom. The maximum Gasteiger partial charge on any atom is 0.129 e. The summed E-state index contributed by atoms with van der Waals surface area (Å²) in [6.07, 6.45) is 1.09. The van der Waals surface area contributed by atoms with Crippen molar-refractivity contribution in [1.82, 2.24) is 4.98 Å². The van der Waals surface area contributed by atoms with E-state index in [1.165, 1.54) is 0 Å². The lowest BCUT2D eigenvalue weighted by molar-refractivity contribution is 0.242. The van der Waals surface area contributed by atoms with Gasteiger partial charge in [-0.3, -0.25) is 0 Å². The van der Waals surface area contributed by atoms with Gasteiger partial charge in [-0.1, -0.05) is 23.8 Å². The first kappa shape index (κ1) is 20.2. The van der Waals surface area contributed by atoms with E-state index in [4.69, 9.17) is 15.5 Å². The van der Waals surface area contributed by atoms with Gasteiger partial charge in [-0.25, -0.2) is 4.98 Å². The van der Waals surface area contributed by atoms with Gasteiger partial charge in [-0.2, -0.15) is 0 Å². The molecule has 0 spiro atoms. The zero-order valence-electron chi connectivity index (χ0n) is 17.8. The van der Waals surface area contributed by atoms with Gasteiger partial charge in [-0.05, 0) is 74.7 Å². The standard InChI is InChI=1S/C25H29N3O2/c1-16(2)30-21-7-5-18(6-8-21)19-13-23(22-12-17(3)4-9-24(22)29)27-25(14-19)28-11-10-20(26)15-28/h4-9,12-14,16,20,29H,10-11,15,26H2,1-3H3. The van der Waals surface area contributed by atoms with E-state index >= 15 is 0 Å². The Morgan fingerprint density at radius 2 is 1.83 bits per heavy atom. The molecule has 1 unspecified atom stereocenters. The van der Waals surface area contributed by atoms with E-state index in [0.717, 1.165) is 59.0 Å². The Labute approximate surface area is 178 Å². The fraction of sp³-hybridized carbons (Fsp3) is 0.320. The second-order valence-electron chi connectivity index (χ2n) is 8.31. The molecule has 1 aliphatic heterocycles. The zero-order valence-corrected chi connectivity index (χ0v) is 17.8. The molecule has 2 heterocycles. The second-order valence-corrected chi connectivity index (χ2v) is 8.31. The summed E-state index contributed by atoms with van der Waals surface area (Å²) in [5.41, 5.74) is 10.8. The Kier molecular flexibility index (Phi) is 5.64. The molecular formula is C25H29N3O2. The first-order valence-corrected chi connectivity index (χ1v) is 10.5. The summed E-state index contributed by atoms with van der Waals surface area (Å²) >= 11 is 0. The van der Waals surface area contributed by atoms with Gasteiger partial charge >= 0.3 is 0 Å². The number of phenolic OH excluding ortho intramolecular Hbond substituents is 1. The van der Waals surface area contributed by atoms with Crippen LogP contribution in [0.1, 0.15) is 25.8 Å². The molecule has 5 heteroatoms. The summed E-state index contributed by atoms with van der Waals surface area (Å²) in [5, 5.41) is 10.5. The lowest BCUT2D eigenvalue weighted by Crippen LogP contribution is -2.27. The van der Waals surface area contributed by atoms with E-state index in [2.05, 4.69) is 23.1 Å². The monoisotopic (exact) mass is 403 g/mol. The Hall–Kier alpha value is -3.05. The molecule has 0 saturated carbocycles. The van der Waals surface area contributed by atoms with Crippen molar-refractivity contribution < 1.29 is 9.84 Å². The minimum absolute atomic E-state index is 0.138. The molecule has 1 aliphatic rings. The highest BCUT2D eigenvalue weighted by molar-refractivity contribution is 5.77. The van der Waals surface area contributed by atoms with Gasteiger partial charge in [0.05, 0.1) is 11.8 Å². The number of ether oxygens (including phenoxy) is 1. The Bertz CT molecular complexity index is 1030. The molecule has 156 valence electrons. The number of pyridine rings is 1. The highest BCUT2D eigenvalue weighted by Crippen LogP contribution is 2.35. The van der Waals surface area contributed by atoms with Crippen LogP contribution in [0.3, 0.4) is 0 Å². The van der Waals surface area contributed by atoms with Crippen molar-refractivity contribution in [2.24, 2.45) is 5.73 Å². The Morgan fingerprint density at radius 1 is 1.07 bits per heavy atom. The van der Waals surface area contributed by atoms with Crippen molar-refractivity contribution in [3.05, 3.63) is 60.2 Å². The van der Waals surface area contributed by atoms with Gasteiger partial charge in [0.25, 0.3) is 0 Å². The molecule has 0 bridgehead atoms. The molecule has 1 saturated heterocycles. The van der Waals surface area contributed by atoms with Crippen LogP contribution in [0.15, 0.2) is 54.6 Å². The lowest BCUT2D eigenvalue weighted by Gasteiger charge is -2.20. The van der Waals surface area contributed by atoms with Gasteiger partial charge in [0.2, 0.25) is 0 Å². The molecule has 3 N–H and O–H groups in total. The number of hydrogen-bond acceptors (Lipinski definition) is 5. The SMILES string of the molecule is Cc1ccc(O)c(-c2cc(-c3ccc(OC(C)C)cc3)cc(N3CCC(N)C3)n2)c1. The van der Waals surface area contributed by atoms with Crippen LogP contribution in [0.25, 0.3) is 22.4 Å². The zero-order chi connectivity index (χ0) is 21.3. The van der Waals surface area contributed by atoms with Crippen LogP contribution in [0.5, 0.6) is 11.5 Å². The largest absolute Gasteiger partial charge is 0.507 e. The number of aromatic nitrogens is 1. The molecule has 3 aromatic rings. The van der Waals surface area contributed by atoms with Crippen LogP contribution in [0.4, 0.5) is 5.82 Å². The summed E-state index contributed by atoms with van der Waals surface area (Å²) in [5.74, 6) is 1.97. The smallest absolute Gasteiger partial charge is 0.129 e. The third-order valence-corrected chi connectivity index (χ3v) is 5.35. The average molecular weight is 404 g/mol. The van der Waals surface area contributed by atoms with E-state index in [-0.39, 0.29) is 17.9 Å². The van der Waals surface area contributed by atoms with E-state index in [0.29, 0.717) is 0 Å². The van der Waals surface area contributed by atoms with Gasteiger partial charge < -0.3 is 20.5 Å². The molecule has 1 fully saturated rings. The minimum atomic E-state index is 0.138. The van der Waals surface area contributed by atoms with E-state index in [9.17, 15) is 5.11 Å². The highest BCUT2D eigenvalue weighted by atomic mass is 16.5. The van der Waals surface area contributed by atoms with Gasteiger partial charge in [0, 0.05) is 24.7 Å². The molecule has 1 aromatic heterocycles. The van der Waals surface area contributed by atoms with E-state index in [1.54, 1.807) is 6.07 Å². The molecule has 0 amide bonds. The van der Waals surface area contributed by atoms with Crippen LogP contribution in [0.2, 0.25) is 0 Å². The topological polar surface area (TPSA) is 71.6 Å². The molecule has 4 rings (SSSR count). The highest BCUT2D eigenvalue weighted by Gasteiger charge is 2.22. The maximum atomic E-state index is 10.5. The predicted molar refractivity (Wildman–Crippen MR) is 122 cm³/mol. The van der Waals surface area contributed by atoms with Gasteiger partial charge in [-0.15, -0.1) is 0 Å². The number of hydrogen-bond donors (Lipinski definition) is 2. The molecule has 5 nitrogen and oxygen atoms in total. The van der Waals surface area contributed by atoms with E-state index < -0.39 is 0 Å². The van der Waals surface area contributed by atoms with Crippen molar-refractivity contribution in [2.75, 3.05) is 18.0 Å². The first-order chi connectivity index (χ1) is 14.4. The van der Waals surface area contributed by atoms with Crippen molar-refractivity contribution >= 4 is 5.82 Å². The van der Waals surface area contributed by atoms with Crippen LogP contribution < -0.4 is 15.4 Å². The molecular weight excluding hydrogens is 374 g/mol. The lowest BCUT2D eigenvalue weighted by atomic mass is 10.0. The van der Waals surface area contributed by atoms with Crippen LogP contribution in [-0.4, -0.2) is 35.3 Å². The number of benzene rings is 2. The number of nitrogens with zero attached hydrogens (tertiary/aromatic N) is 2. The summed E-state index contributed by atoms with van der Waals surface area (Å²) in [6.45, 7) is 7.73. The van der Waals surface area contributed by atoms with Crippen molar-refractivity contribution in [2.45, 2.75) is 39.3 Å². The number of anilines is 1. The number of rotatable bonds is 5. The Balaban J connectivity index is 1.78. The molecule has 1 atom stereocenters. The van der Waals surface area contributed by atoms with Crippen LogP contribution >= 0.6 is 0 Å². The second kappa shape index (κ2) is 8.36. The predicted octanol–water partition coefficient (Wildman–Crippen LogP) is 4.75. The van der Waals surface area contributed by atoms with E-state index in [1.807, 2.05) is 51.1 Å². The quantitative estimate of drug-likeness (QED) is 0.643. The van der Waals surface area contributed by atoms with Crippen molar-refractivity contribution in [3.63, 3.8) is 0 Å². The third-order valence-electron chi connectivity index (χ3n) is 5.35. The third kappa shape index (κ3) is 4.41. The van der Waals surface area contributed by atoms with Crippen molar-refractivity contribution in [1.29, 1.82) is 0 Å². The fourth-order valence-corrected chi connectivity index (χ4v) is 3.83. The van der Waals surface area contributed by atoms with Gasteiger partial charge in [0.15, 0.2) is 0 Å². The van der Waals surface area contributed by atoms with Crippen LogP contribution in [0, 0.1) is 6.92 Å². The molecule has 2 aromatic carbocycles. The van der Waals surface area contributed by atoms with Gasteiger partial charge in [0.1, 0.15) is 17.3 Å². The van der Waals surface area contributed by atoms with Crippen LogP contribution in [-0.2, 0) is 0 Å². The molecule has 0 aliphatic carbocycles. The fourth-order valence-electron chi connectivity index (χ4n) is 3.83. The molecule has 30 heavy (non-hydrogen) atoms. The minimum Gasteiger partial charge on any atom is -0.507 e. The summed E-state index contributed by atoms with van der Waals surface area (Å²) in [7, 11) is 0. The normalized spacial score (nSPS) is 16.3. The number of aromatic hydroxyl groups is 1. The maximum absolute atomic E-state index is 10.5. The average Bonchev–Trinajstić information content (AvgIpc) is 3.16. The van der Waals surface area contributed by atoms with Crippen molar-refractivity contribution in [3.8, 4) is 33.9 Å².